The van der Waals surface area contributed by atoms with Crippen LogP contribution < -0.4 is 19.5 Å². The molecule has 1 amide bonds. The quantitative estimate of drug-likeness (QED) is 0.133. The van der Waals surface area contributed by atoms with Crippen molar-refractivity contribution in [2.45, 2.75) is 19.3 Å². The van der Waals surface area contributed by atoms with Crippen LogP contribution in [-0.4, -0.2) is 49.1 Å². The Morgan fingerprint density at radius 1 is 0.889 bits per heavy atom. The molecular formula is C27H29NO8. The van der Waals surface area contributed by atoms with Crippen molar-refractivity contribution in [3.63, 3.8) is 0 Å². The minimum absolute atomic E-state index is 0.00986. The van der Waals surface area contributed by atoms with Crippen LogP contribution in [0, 0.1) is 0 Å². The Morgan fingerprint density at radius 3 is 2.19 bits per heavy atom. The molecule has 0 bridgehead atoms. The van der Waals surface area contributed by atoms with Crippen LogP contribution in [0.5, 0.6) is 23.0 Å². The van der Waals surface area contributed by atoms with Gasteiger partial charge < -0.3 is 29.7 Å². The molecule has 9 heteroatoms. The van der Waals surface area contributed by atoms with Crippen molar-refractivity contribution in [1.29, 1.82) is 0 Å². The van der Waals surface area contributed by atoms with Gasteiger partial charge in [-0.3, -0.25) is 14.4 Å². The summed E-state index contributed by atoms with van der Waals surface area (Å²) in [4.78, 5) is 35.4. The lowest BCUT2D eigenvalue weighted by molar-refractivity contribution is -0.134. The van der Waals surface area contributed by atoms with Gasteiger partial charge in [-0.05, 0) is 54.0 Å². The number of amides is 1. The van der Waals surface area contributed by atoms with Crippen LogP contribution in [0.25, 0.3) is 12.2 Å². The highest BCUT2D eigenvalue weighted by Gasteiger charge is 2.11. The first kappa shape index (κ1) is 27.7. The number of methoxy groups -OCH3 is 2. The van der Waals surface area contributed by atoms with E-state index in [-0.39, 0.29) is 41.8 Å². The number of ether oxygens (including phenoxy) is 3. The molecule has 190 valence electrons. The summed E-state index contributed by atoms with van der Waals surface area (Å²) in [5.74, 6) is -0.538. The number of allylic oxidation sites excluding steroid dienone is 3. The van der Waals surface area contributed by atoms with E-state index in [9.17, 15) is 24.6 Å². The highest BCUT2D eigenvalue weighted by Crippen LogP contribution is 2.29. The van der Waals surface area contributed by atoms with E-state index in [0.717, 1.165) is 6.08 Å². The zero-order chi connectivity index (χ0) is 26.5. The molecule has 0 spiro atoms. The van der Waals surface area contributed by atoms with Gasteiger partial charge in [0.25, 0.3) is 0 Å². The average Bonchev–Trinajstić information content (AvgIpc) is 2.87. The number of rotatable bonds is 12. The molecule has 0 aliphatic heterocycles. The Bertz CT molecular complexity index is 1180. The lowest BCUT2D eigenvalue weighted by atomic mass is 10.1. The number of aromatic hydroxyl groups is 1. The monoisotopic (exact) mass is 495 g/mol. The van der Waals surface area contributed by atoms with Crippen LogP contribution in [0.3, 0.4) is 0 Å². The van der Waals surface area contributed by atoms with Gasteiger partial charge >= 0.3 is 5.97 Å². The lowest BCUT2D eigenvalue weighted by Gasteiger charge is -2.10. The molecule has 2 rings (SSSR count). The molecule has 0 aliphatic rings. The van der Waals surface area contributed by atoms with E-state index < -0.39 is 11.8 Å². The van der Waals surface area contributed by atoms with Crippen molar-refractivity contribution in [1.82, 2.24) is 5.32 Å². The number of benzene rings is 2. The summed E-state index contributed by atoms with van der Waals surface area (Å²) in [6, 6.07) is 9.45. The van der Waals surface area contributed by atoms with Crippen LogP contribution in [0.15, 0.2) is 60.4 Å². The van der Waals surface area contributed by atoms with Gasteiger partial charge in [0, 0.05) is 26.0 Å². The normalized spacial score (nSPS) is 11.5. The van der Waals surface area contributed by atoms with E-state index in [0.29, 0.717) is 23.3 Å². The number of ketones is 1. The van der Waals surface area contributed by atoms with Gasteiger partial charge in [0.1, 0.15) is 5.76 Å². The predicted molar refractivity (Wildman–Crippen MR) is 135 cm³/mol. The van der Waals surface area contributed by atoms with Crippen molar-refractivity contribution in [3.05, 3.63) is 71.5 Å². The number of esters is 1. The molecule has 3 N–H and O–H groups in total. The molecular weight excluding hydrogens is 466 g/mol. The topological polar surface area (TPSA) is 131 Å². The maximum Gasteiger partial charge on any atom is 0.311 e. The van der Waals surface area contributed by atoms with E-state index in [1.807, 2.05) is 0 Å². The fourth-order valence-electron chi connectivity index (χ4n) is 2.96. The molecule has 2 aromatic rings. The Morgan fingerprint density at radius 2 is 1.53 bits per heavy atom. The molecule has 0 heterocycles. The summed E-state index contributed by atoms with van der Waals surface area (Å²) >= 11 is 0. The first-order valence-corrected chi connectivity index (χ1v) is 11.0. The number of nitrogens with one attached hydrogen (secondary N) is 1. The Balaban J connectivity index is 1.99. The number of carbonyl (C=O) groups excluding carboxylic acids is 3. The third-order valence-corrected chi connectivity index (χ3v) is 4.86. The number of aliphatic hydroxyl groups is 1. The van der Waals surface area contributed by atoms with Crippen molar-refractivity contribution >= 4 is 29.8 Å². The lowest BCUT2D eigenvalue weighted by Crippen LogP contribution is -2.18. The Kier molecular flexibility index (Phi) is 10.8. The standard InChI is InChI=1S/C27H29NO8/c1-28-26(32)5-4-6-27(33)36-23-14-10-19(16-25(23)35-3)8-12-21(30)17-20(29)11-7-18-9-13-22(31)24(15-18)34-2/h7-17,30-31H,4-6H2,1-3H3,(H,28,32)/b11-7+,12-8+,21-17?. The second-order valence-electron chi connectivity index (χ2n) is 7.48. The Labute approximate surface area is 209 Å². The minimum atomic E-state index is -0.488. The second-order valence-corrected chi connectivity index (χ2v) is 7.48. The third-order valence-electron chi connectivity index (χ3n) is 4.86. The third kappa shape index (κ3) is 9.02. The number of hydrogen-bond donors (Lipinski definition) is 3. The van der Waals surface area contributed by atoms with Crippen molar-refractivity contribution < 1.29 is 38.8 Å². The average molecular weight is 496 g/mol. The molecule has 0 unspecified atom stereocenters. The smallest absolute Gasteiger partial charge is 0.311 e. The molecule has 9 nitrogen and oxygen atoms in total. The largest absolute Gasteiger partial charge is 0.508 e. The second kappa shape index (κ2) is 14.0. The predicted octanol–water partition coefficient (Wildman–Crippen LogP) is 3.97. The van der Waals surface area contributed by atoms with Crippen molar-refractivity contribution in [2.24, 2.45) is 0 Å². The zero-order valence-corrected chi connectivity index (χ0v) is 20.3. The summed E-state index contributed by atoms with van der Waals surface area (Å²) in [5, 5.41) is 22.2. The van der Waals surface area contributed by atoms with Crippen molar-refractivity contribution in [2.75, 3.05) is 21.3 Å². The van der Waals surface area contributed by atoms with Crippen LogP contribution in [0.2, 0.25) is 0 Å². The molecule has 0 saturated carbocycles. The molecule has 2 aromatic carbocycles. The molecule has 0 atom stereocenters. The van der Waals surface area contributed by atoms with Gasteiger partial charge in [-0.1, -0.05) is 24.3 Å². The minimum Gasteiger partial charge on any atom is -0.508 e. The van der Waals surface area contributed by atoms with Gasteiger partial charge in [-0.25, -0.2) is 0 Å². The highest BCUT2D eigenvalue weighted by atomic mass is 16.6. The van der Waals surface area contributed by atoms with Gasteiger partial charge in [-0.2, -0.15) is 0 Å². The van der Waals surface area contributed by atoms with Crippen LogP contribution in [-0.2, 0) is 14.4 Å². The van der Waals surface area contributed by atoms with E-state index in [1.165, 1.54) is 45.6 Å². The maximum atomic E-state index is 12.1. The van der Waals surface area contributed by atoms with E-state index in [2.05, 4.69) is 5.32 Å². The van der Waals surface area contributed by atoms with Crippen LogP contribution in [0.4, 0.5) is 0 Å². The summed E-state index contributed by atoms with van der Waals surface area (Å²) in [5.41, 5.74) is 1.27. The molecule has 0 radical (unpaired) electrons. The summed E-state index contributed by atoms with van der Waals surface area (Å²) < 4.78 is 15.6. The van der Waals surface area contributed by atoms with Crippen LogP contribution >= 0.6 is 0 Å². The van der Waals surface area contributed by atoms with Crippen LogP contribution in [0.1, 0.15) is 30.4 Å². The fourth-order valence-corrected chi connectivity index (χ4v) is 2.96. The number of hydrogen-bond acceptors (Lipinski definition) is 8. The molecule has 0 fully saturated rings. The van der Waals surface area contributed by atoms with Gasteiger partial charge in [0.2, 0.25) is 5.91 Å². The Hall–Kier alpha value is -4.53. The summed E-state index contributed by atoms with van der Waals surface area (Å²) in [6.07, 6.45) is 7.44. The van der Waals surface area contributed by atoms with E-state index >= 15 is 0 Å². The molecule has 0 aromatic heterocycles. The highest BCUT2D eigenvalue weighted by molar-refractivity contribution is 6.02. The first-order chi connectivity index (χ1) is 17.2. The van der Waals surface area contributed by atoms with Gasteiger partial charge in [0.05, 0.1) is 14.2 Å². The number of carbonyl (C=O) groups is 3. The van der Waals surface area contributed by atoms with E-state index in [1.54, 1.807) is 36.4 Å². The summed E-state index contributed by atoms with van der Waals surface area (Å²) in [7, 11) is 4.38. The molecule has 0 saturated heterocycles. The van der Waals surface area contributed by atoms with E-state index in [4.69, 9.17) is 14.2 Å². The maximum absolute atomic E-state index is 12.1. The number of phenols is 1. The van der Waals surface area contributed by atoms with Gasteiger partial charge in [-0.15, -0.1) is 0 Å². The number of aliphatic hydroxyl groups excluding tert-OH is 1. The number of phenolic OH excluding ortho intramolecular Hbond substituents is 1. The fraction of sp³-hybridized carbons (Fsp3) is 0.222. The first-order valence-electron chi connectivity index (χ1n) is 11.0. The summed E-state index contributed by atoms with van der Waals surface area (Å²) in [6.45, 7) is 0. The molecule has 36 heavy (non-hydrogen) atoms. The van der Waals surface area contributed by atoms with Gasteiger partial charge in [0.15, 0.2) is 28.8 Å². The molecule has 0 aliphatic carbocycles. The zero-order valence-electron chi connectivity index (χ0n) is 20.3. The van der Waals surface area contributed by atoms with Crippen molar-refractivity contribution in [3.8, 4) is 23.0 Å². The SMILES string of the molecule is CNC(=O)CCCC(=O)Oc1ccc(/C=C/C(O)=CC(=O)/C=C/c2ccc(O)c(OC)c2)cc1OC.